The second kappa shape index (κ2) is 2.49. The normalized spacial score (nSPS) is 16.4. The van der Waals surface area contributed by atoms with E-state index in [1.54, 1.807) is 4.88 Å². The van der Waals surface area contributed by atoms with Gasteiger partial charge in [0.2, 0.25) is 0 Å². The van der Waals surface area contributed by atoms with Crippen molar-refractivity contribution in [2.24, 2.45) is 0 Å². The van der Waals surface area contributed by atoms with Crippen molar-refractivity contribution in [2.75, 3.05) is 0 Å². The van der Waals surface area contributed by atoms with Gasteiger partial charge in [0.05, 0.1) is 0 Å². The fourth-order valence-corrected chi connectivity index (χ4v) is 2.83. The van der Waals surface area contributed by atoms with E-state index in [0.717, 1.165) is 0 Å². The first-order valence-corrected chi connectivity index (χ1v) is 4.89. The number of rotatable bonds is 0. The SMILES string of the molecule is C=c1sc2c(c1=C)CCCC2. The van der Waals surface area contributed by atoms with Crippen LogP contribution in [-0.2, 0) is 12.8 Å². The molecule has 58 valence electrons. The maximum absolute atomic E-state index is 4.04. The van der Waals surface area contributed by atoms with Crippen LogP contribution in [0.1, 0.15) is 23.3 Å². The average molecular weight is 164 g/mol. The van der Waals surface area contributed by atoms with E-state index in [-0.39, 0.29) is 0 Å². The Kier molecular flexibility index (Phi) is 1.61. The minimum absolute atomic E-state index is 1.18. The Bertz CT molecular complexity index is 359. The molecule has 1 aliphatic rings. The summed E-state index contributed by atoms with van der Waals surface area (Å²) < 4.78 is 1.18. The minimum Gasteiger partial charge on any atom is -0.141 e. The lowest BCUT2D eigenvalue weighted by molar-refractivity contribution is 0.694. The fraction of sp³-hybridized carbons (Fsp3) is 0.400. The topological polar surface area (TPSA) is 0 Å². The van der Waals surface area contributed by atoms with Crippen LogP contribution in [0, 0.1) is 0 Å². The largest absolute Gasteiger partial charge is 0.141 e. The van der Waals surface area contributed by atoms with Crippen LogP contribution >= 0.6 is 11.3 Å². The highest BCUT2D eigenvalue weighted by Crippen LogP contribution is 2.19. The molecule has 0 atom stereocenters. The molecule has 1 aromatic rings. The molecule has 0 saturated heterocycles. The third-order valence-corrected chi connectivity index (χ3v) is 3.55. The summed E-state index contributed by atoms with van der Waals surface area (Å²) >= 11 is 1.84. The van der Waals surface area contributed by atoms with Gasteiger partial charge in [-0.1, -0.05) is 13.2 Å². The second-order valence-electron chi connectivity index (χ2n) is 3.11. The van der Waals surface area contributed by atoms with E-state index in [1.807, 2.05) is 11.3 Å². The van der Waals surface area contributed by atoms with Crippen LogP contribution in [0.15, 0.2) is 0 Å². The number of thiophene rings is 1. The summed E-state index contributed by atoms with van der Waals surface area (Å²) in [6.45, 7) is 8.02. The number of hydrogen-bond donors (Lipinski definition) is 0. The van der Waals surface area contributed by atoms with Crippen LogP contribution in [0.25, 0.3) is 13.2 Å². The molecule has 0 fully saturated rings. The molecule has 2 rings (SSSR count). The van der Waals surface area contributed by atoms with E-state index < -0.39 is 0 Å². The Hall–Kier alpha value is -0.560. The molecular formula is C10H12S. The molecule has 1 aromatic heterocycles. The van der Waals surface area contributed by atoms with Gasteiger partial charge in [0.1, 0.15) is 0 Å². The highest BCUT2D eigenvalue weighted by atomic mass is 32.1. The Labute approximate surface area is 70.9 Å². The summed E-state index contributed by atoms with van der Waals surface area (Å²) in [4.78, 5) is 1.55. The Morgan fingerprint density at radius 2 is 1.82 bits per heavy atom. The van der Waals surface area contributed by atoms with E-state index in [9.17, 15) is 0 Å². The van der Waals surface area contributed by atoms with Crippen molar-refractivity contribution in [3.05, 3.63) is 20.2 Å². The number of fused-ring (bicyclic) bond motifs is 1. The Morgan fingerprint density at radius 1 is 1.09 bits per heavy atom. The van der Waals surface area contributed by atoms with E-state index >= 15 is 0 Å². The van der Waals surface area contributed by atoms with Gasteiger partial charge in [-0.2, -0.15) is 0 Å². The Balaban J connectivity index is 2.69. The van der Waals surface area contributed by atoms with Crippen LogP contribution in [0.2, 0.25) is 0 Å². The first kappa shape index (κ1) is 7.11. The van der Waals surface area contributed by atoms with Gasteiger partial charge in [-0.3, -0.25) is 0 Å². The maximum Gasteiger partial charge on any atom is 0.0270 e. The van der Waals surface area contributed by atoms with Gasteiger partial charge in [0, 0.05) is 9.41 Å². The molecule has 0 spiro atoms. The van der Waals surface area contributed by atoms with Crippen LogP contribution in [0.4, 0.5) is 0 Å². The van der Waals surface area contributed by atoms with Gasteiger partial charge in [-0.15, -0.1) is 11.3 Å². The predicted octanol–water partition coefficient (Wildman–Crippen LogP) is 1.45. The monoisotopic (exact) mass is 164 g/mol. The molecule has 0 amide bonds. The zero-order valence-corrected chi connectivity index (χ0v) is 7.47. The summed E-state index contributed by atoms with van der Waals surface area (Å²) in [7, 11) is 0. The van der Waals surface area contributed by atoms with E-state index in [0.29, 0.717) is 0 Å². The Morgan fingerprint density at radius 3 is 2.55 bits per heavy atom. The van der Waals surface area contributed by atoms with E-state index in [4.69, 9.17) is 0 Å². The molecule has 0 saturated carbocycles. The molecule has 1 aliphatic carbocycles. The quantitative estimate of drug-likeness (QED) is 0.544. The predicted molar refractivity (Wildman–Crippen MR) is 51.3 cm³/mol. The third kappa shape index (κ3) is 1.04. The van der Waals surface area contributed by atoms with Crippen molar-refractivity contribution >= 4 is 24.5 Å². The van der Waals surface area contributed by atoms with Crippen molar-refractivity contribution in [1.29, 1.82) is 0 Å². The lowest BCUT2D eigenvalue weighted by atomic mass is 9.98. The molecule has 0 bridgehead atoms. The summed E-state index contributed by atoms with van der Waals surface area (Å²) in [5.41, 5.74) is 1.51. The lowest BCUT2D eigenvalue weighted by Crippen LogP contribution is -2.19. The van der Waals surface area contributed by atoms with Crippen LogP contribution in [0.5, 0.6) is 0 Å². The van der Waals surface area contributed by atoms with Crippen LogP contribution in [0.3, 0.4) is 0 Å². The molecule has 0 radical (unpaired) electrons. The van der Waals surface area contributed by atoms with Crippen LogP contribution in [-0.4, -0.2) is 0 Å². The summed E-state index contributed by atoms with van der Waals surface area (Å²) in [6, 6.07) is 0. The first-order chi connectivity index (χ1) is 5.29. The van der Waals surface area contributed by atoms with Crippen molar-refractivity contribution in [2.45, 2.75) is 25.7 Å². The lowest BCUT2D eigenvalue weighted by Gasteiger charge is -2.09. The third-order valence-electron chi connectivity index (χ3n) is 2.36. The average Bonchev–Trinajstić information content (AvgIpc) is 2.30. The summed E-state index contributed by atoms with van der Waals surface area (Å²) in [6.07, 6.45) is 5.19. The van der Waals surface area contributed by atoms with E-state index in [2.05, 4.69) is 13.2 Å². The zero-order valence-electron chi connectivity index (χ0n) is 6.65. The van der Waals surface area contributed by atoms with Gasteiger partial charge in [-0.05, 0) is 36.5 Å². The van der Waals surface area contributed by atoms with Crippen molar-refractivity contribution in [3.63, 3.8) is 0 Å². The van der Waals surface area contributed by atoms with Gasteiger partial charge in [0.15, 0.2) is 0 Å². The van der Waals surface area contributed by atoms with Gasteiger partial charge < -0.3 is 0 Å². The van der Waals surface area contributed by atoms with Crippen LogP contribution < -0.4 is 9.75 Å². The van der Waals surface area contributed by atoms with Gasteiger partial charge in [-0.25, -0.2) is 0 Å². The standard InChI is InChI=1S/C10H12S/c1-7-8(2)11-10-6-4-3-5-9(7)10/h1-6H2. The molecule has 11 heavy (non-hydrogen) atoms. The van der Waals surface area contributed by atoms with Gasteiger partial charge >= 0.3 is 0 Å². The highest BCUT2D eigenvalue weighted by molar-refractivity contribution is 7.09. The molecule has 0 nitrogen and oxygen atoms in total. The smallest absolute Gasteiger partial charge is 0.0270 e. The van der Waals surface area contributed by atoms with Crippen molar-refractivity contribution in [1.82, 2.24) is 0 Å². The molecule has 0 aliphatic heterocycles. The first-order valence-electron chi connectivity index (χ1n) is 4.07. The molecule has 1 heterocycles. The minimum atomic E-state index is 1.18. The summed E-state index contributed by atoms with van der Waals surface area (Å²) in [5.74, 6) is 0. The summed E-state index contributed by atoms with van der Waals surface area (Å²) in [5, 5.41) is 1.21. The van der Waals surface area contributed by atoms with Gasteiger partial charge in [0.25, 0.3) is 0 Å². The number of hydrogen-bond acceptors (Lipinski definition) is 1. The fourth-order valence-electron chi connectivity index (χ4n) is 1.69. The molecular weight excluding hydrogens is 152 g/mol. The molecule has 0 N–H and O–H groups in total. The molecule has 0 unspecified atom stereocenters. The molecule has 0 aromatic carbocycles. The van der Waals surface area contributed by atoms with E-state index in [1.165, 1.54) is 41.0 Å². The van der Waals surface area contributed by atoms with Crippen molar-refractivity contribution in [3.8, 4) is 0 Å². The maximum atomic E-state index is 4.04. The second-order valence-corrected chi connectivity index (χ2v) is 4.30. The van der Waals surface area contributed by atoms with Crippen molar-refractivity contribution < 1.29 is 0 Å². The highest BCUT2D eigenvalue weighted by Gasteiger charge is 2.11. The molecule has 1 heteroatoms. The zero-order chi connectivity index (χ0) is 7.84. The number of aryl methyl sites for hydroxylation is 1.